The van der Waals surface area contributed by atoms with E-state index in [4.69, 9.17) is 0 Å². The number of fused-ring (bicyclic) bond motifs is 2. The van der Waals surface area contributed by atoms with Crippen LogP contribution in [0.5, 0.6) is 0 Å². The van der Waals surface area contributed by atoms with Gasteiger partial charge in [-0.15, -0.1) is 0 Å². The number of nitrogens with zero attached hydrogens (tertiary/aromatic N) is 4. The van der Waals surface area contributed by atoms with E-state index in [2.05, 4.69) is 24.7 Å². The summed E-state index contributed by atoms with van der Waals surface area (Å²) >= 11 is 0.875. The number of halogens is 6. The van der Waals surface area contributed by atoms with Crippen LogP contribution < -0.4 is 4.72 Å². The molecule has 0 aliphatic heterocycles. The van der Waals surface area contributed by atoms with Gasteiger partial charge in [-0.05, 0) is 54.4 Å². The number of rotatable bonds is 6. The minimum atomic E-state index is -4.65. The van der Waals surface area contributed by atoms with Crippen molar-refractivity contribution in [2.75, 3.05) is 4.72 Å². The van der Waals surface area contributed by atoms with Gasteiger partial charge in [0.1, 0.15) is 23.0 Å². The van der Waals surface area contributed by atoms with Crippen molar-refractivity contribution in [2.45, 2.75) is 11.1 Å². The van der Waals surface area contributed by atoms with Gasteiger partial charge in [0.2, 0.25) is 11.6 Å². The van der Waals surface area contributed by atoms with Gasteiger partial charge in [0.15, 0.2) is 5.82 Å². The molecule has 0 amide bonds. The summed E-state index contributed by atoms with van der Waals surface area (Å²) in [5.41, 5.74) is -1.45. The van der Waals surface area contributed by atoms with E-state index < -0.39 is 40.7 Å². The van der Waals surface area contributed by atoms with E-state index in [0.717, 1.165) is 36.3 Å². The quantitative estimate of drug-likeness (QED) is 0.124. The van der Waals surface area contributed by atoms with Crippen LogP contribution in [0.25, 0.3) is 28.1 Å². The summed E-state index contributed by atoms with van der Waals surface area (Å²) < 4.78 is 86.8. The van der Waals surface area contributed by atoms with Crippen molar-refractivity contribution in [1.29, 1.82) is 0 Å². The average molecular weight is 585 g/mol. The summed E-state index contributed by atoms with van der Waals surface area (Å²) in [5.74, 6) is -3.92. The number of nitrogens with one attached hydrogen (secondary N) is 2. The topological polar surface area (TPSA) is 88.0 Å². The molecule has 2 aromatic carbocycles. The van der Waals surface area contributed by atoms with Crippen LogP contribution >= 0.6 is 11.9 Å². The van der Waals surface area contributed by atoms with Crippen molar-refractivity contribution in [2.24, 2.45) is 0 Å². The zero-order valence-corrected chi connectivity index (χ0v) is 21.1. The van der Waals surface area contributed by atoms with Crippen LogP contribution in [-0.4, -0.2) is 30.1 Å². The number of anilines is 1. The molecule has 4 aromatic heterocycles. The standard InChI is InChI=1S/C27H14F6N6OS/c28-14-2-1-3-15(9-14)41-38-19-5-4-18(29)22(23(19)30)24(40)17-11-35-25-16(17)8-13(10-34-25)20-12-39-7-6-21(27(31,32)33)37-26(39)36-20/h1-12,38H,(H,34,35). The molecule has 2 N–H and O–H groups in total. The molecule has 6 rings (SSSR count). The van der Waals surface area contributed by atoms with Crippen molar-refractivity contribution in [1.82, 2.24) is 24.3 Å². The van der Waals surface area contributed by atoms with E-state index >= 15 is 4.39 Å². The predicted molar refractivity (Wildman–Crippen MR) is 139 cm³/mol. The Morgan fingerprint density at radius 1 is 1.02 bits per heavy atom. The maximum Gasteiger partial charge on any atom is 0.433 e. The first-order valence-electron chi connectivity index (χ1n) is 11.7. The summed E-state index contributed by atoms with van der Waals surface area (Å²) in [4.78, 5) is 28.5. The number of H-pyrrole nitrogens is 1. The van der Waals surface area contributed by atoms with E-state index in [1.54, 1.807) is 6.07 Å². The van der Waals surface area contributed by atoms with E-state index in [1.165, 1.54) is 47.3 Å². The lowest BCUT2D eigenvalue weighted by atomic mass is 10.0. The second kappa shape index (κ2) is 9.96. The molecule has 6 aromatic rings. The summed E-state index contributed by atoms with van der Waals surface area (Å²) in [5, 5.41) is 0.208. The van der Waals surface area contributed by atoms with Gasteiger partial charge in [-0.2, -0.15) is 13.2 Å². The summed E-state index contributed by atoms with van der Waals surface area (Å²) in [6.45, 7) is 0. The Morgan fingerprint density at radius 3 is 2.63 bits per heavy atom. The molecule has 41 heavy (non-hydrogen) atoms. The lowest BCUT2D eigenvalue weighted by Gasteiger charge is -2.11. The van der Waals surface area contributed by atoms with E-state index in [0.29, 0.717) is 10.5 Å². The highest BCUT2D eigenvalue weighted by molar-refractivity contribution is 8.00. The predicted octanol–water partition coefficient (Wildman–Crippen LogP) is 7.06. The third-order valence-corrected chi connectivity index (χ3v) is 6.89. The number of pyridine rings is 1. The van der Waals surface area contributed by atoms with Crippen molar-refractivity contribution >= 4 is 40.2 Å². The molecular weight excluding hydrogens is 570 g/mol. The number of imidazole rings is 1. The highest BCUT2D eigenvalue weighted by Crippen LogP contribution is 2.32. The van der Waals surface area contributed by atoms with Crippen LogP contribution in [0.15, 0.2) is 78.2 Å². The Bertz CT molecular complexity index is 1970. The lowest BCUT2D eigenvalue weighted by Crippen LogP contribution is -2.09. The highest BCUT2D eigenvalue weighted by Gasteiger charge is 2.33. The molecular formula is C27H14F6N6OS. The summed E-state index contributed by atoms with van der Waals surface area (Å²) in [6.07, 6.45) is 0.590. The molecule has 14 heteroatoms. The minimum Gasteiger partial charge on any atom is -0.345 e. The zero-order chi connectivity index (χ0) is 28.9. The third-order valence-electron chi connectivity index (χ3n) is 6.08. The smallest absolute Gasteiger partial charge is 0.345 e. The van der Waals surface area contributed by atoms with E-state index in [9.17, 15) is 26.7 Å². The molecule has 0 aliphatic carbocycles. The number of carbonyl (C=O) groups is 1. The summed E-state index contributed by atoms with van der Waals surface area (Å²) in [7, 11) is 0. The number of ketones is 1. The molecule has 0 bridgehead atoms. The van der Waals surface area contributed by atoms with Gasteiger partial charge < -0.3 is 9.71 Å². The Morgan fingerprint density at radius 2 is 1.85 bits per heavy atom. The number of aromatic amines is 1. The molecule has 0 saturated carbocycles. The van der Waals surface area contributed by atoms with Crippen LogP contribution in [0.3, 0.4) is 0 Å². The second-order valence-electron chi connectivity index (χ2n) is 8.74. The molecule has 0 spiro atoms. The van der Waals surface area contributed by atoms with Crippen LogP contribution in [-0.2, 0) is 6.18 Å². The lowest BCUT2D eigenvalue weighted by molar-refractivity contribution is -0.141. The fraction of sp³-hybridized carbons (Fsp3) is 0.0370. The third kappa shape index (κ3) is 4.97. The van der Waals surface area contributed by atoms with Gasteiger partial charge in [-0.25, -0.2) is 28.1 Å². The number of benzene rings is 2. The maximum atomic E-state index is 15.4. The van der Waals surface area contributed by atoms with Crippen LogP contribution in [0.2, 0.25) is 0 Å². The largest absolute Gasteiger partial charge is 0.433 e. The molecule has 7 nitrogen and oxygen atoms in total. The van der Waals surface area contributed by atoms with Gasteiger partial charge in [0.25, 0.3) is 0 Å². The Kier molecular flexibility index (Phi) is 6.41. The fourth-order valence-corrected chi connectivity index (χ4v) is 4.82. The molecule has 0 aliphatic rings. The zero-order valence-electron chi connectivity index (χ0n) is 20.3. The minimum absolute atomic E-state index is 0.0941. The Labute approximate surface area is 230 Å². The second-order valence-corrected chi connectivity index (χ2v) is 9.62. The van der Waals surface area contributed by atoms with Crippen LogP contribution in [0, 0.1) is 17.5 Å². The Hall–Kier alpha value is -4.85. The maximum absolute atomic E-state index is 15.4. The highest BCUT2D eigenvalue weighted by atomic mass is 32.2. The monoisotopic (exact) mass is 584 g/mol. The van der Waals surface area contributed by atoms with Crippen LogP contribution in [0.1, 0.15) is 21.6 Å². The SMILES string of the molecule is O=C(c1c(F)ccc(NSc2cccc(F)c2)c1F)c1c[nH]c2ncc(-c3cn4ccc(C(F)(F)F)nc4n3)cc12. The van der Waals surface area contributed by atoms with Crippen molar-refractivity contribution in [3.05, 3.63) is 108 Å². The van der Waals surface area contributed by atoms with Crippen molar-refractivity contribution < 1.29 is 31.1 Å². The molecule has 0 radical (unpaired) electrons. The van der Waals surface area contributed by atoms with Gasteiger partial charge >= 0.3 is 6.18 Å². The first kappa shape index (κ1) is 26.4. The number of alkyl halides is 3. The van der Waals surface area contributed by atoms with E-state index in [1.807, 2.05) is 0 Å². The van der Waals surface area contributed by atoms with Gasteiger partial charge in [0, 0.05) is 46.2 Å². The molecule has 206 valence electrons. The van der Waals surface area contributed by atoms with E-state index in [-0.39, 0.29) is 33.8 Å². The number of hydrogen-bond acceptors (Lipinski definition) is 6. The van der Waals surface area contributed by atoms with Gasteiger partial charge in [-0.3, -0.25) is 9.20 Å². The molecule has 4 heterocycles. The number of carbonyl (C=O) groups excluding carboxylic acids is 1. The molecule has 0 fully saturated rings. The molecule has 0 unspecified atom stereocenters. The van der Waals surface area contributed by atoms with Crippen molar-refractivity contribution in [3.8, 4) is 11.3 Å². The van der Waals surface area contributed by atoms with Gasteiger partial charge in [-0.1, -0.05) is 6.07 Å². The van der Waals surface area contributed by atoms with Crippen molar-refractivity contribution in [3.63, 3.8) is 0 Å². The van der Waals surface area contributed by atoms with Gasteiger partial charge in [0.05, 0.1) is 16.9 Å². The first-order valence-corrected chi connectivity index (χ1v) is 12.5. The average Bonchev–Trinajstić information content (AvgIpc) is 3.56. The molecule has 0 atom stereocenters. The number of aromatic nitrogens is 5. The first-order chi connectivity index (χ1) is 19.6. The molecule has 0 saturated heterocycles. The van der Waals surface area contributed by atoms with Crippen LogP contribution in [0.4, 0.5) is 32.0 Å². The Balaban J connectivity index is 1.34. The fourth-order valence-electron chi connectivity index (χ4n) is 4.12. The summed E-state index contributed by atoms with van der Waals surface area (Å²) in [6, 6.07) is 9.86. The number of hydrogen-bond donors (Lipinski definition) is 2. The normalized spacial score (nSPS) is 11.9.